The summed E-state index contributed by atoms with van der Waals surface area (Å²) in [5.74, 6) is 1.05. The molecule has 1 amide bonds. The highest BCUT2D eigenvalue weighted by molar-refractivity contribution is 5.92. The van der Waals surface area contributed by atoms with Crippen molar-refractivity contribution in [3.05, 3.63) is 29.8 Å². The number of aliphatic hydroxyl groups is 1. The van der Waals surface area contributed by atoms with Gasteiger partial charge in [-0.1, -0.05) is 6.07 Å². The molecule has 1 rings (SSSR count). The summed E-state index contributed by atoms with van der Waals surface area (Å²) in [6.45, 7) is 0.507. The fourth-order valence-corrected chi connectivity index (χ4v) is 1.55. The normalized spacial score (nSPS) is 10.5. The van der Waals surface area contributed by atoms with Gasteiger partial charge < -0.3 is 19.9 Å². The monoisotopic (exact) mass is 265 g/mol. The maximum absolute atomic E-state index is 11.5. The lowest BCUT2D eigenvalue weighted by atomic mass is 10.1. The van der Waals surface area contributed by atoms with Crippen LogP contribution in [0.3, 0.4) is 0 Å². The number of amides is 1. The number of nitrogens with one attached hydrogen (secondary N) is 1. The van der Waals surface area contributed by atoms with Crippen molar-refractivity contribution in [2.75, 3.05) is 27.4 Å². The number of rotatable bonds is 7. The van der Waals surface area contributed by atoms with Crippen LogP contribution in [0.15, 0.2) is 24.3 Å². The van der Waals surface area contributed by atoms with Gasteiger partial charge in [-0.3, -0.25) is 4.79 Å². The van der Waals surface area contributed by atoms with Gasteiger partial charge in [0.25, 0.3) is 0 Å². The highest BCUT2D eigenvalue weighted by atomic mass is 16.5. The quantitative estimate of drug-likeness (QED) is 0.574. The van der Waals surface area contributed by atoms with E-state index in [4.69, 9.17) is 14.6 Å². The van der Waals surface area contributed by atoms with Crippen LogP contribution in [0.1, 0.15) is 12.0 Å². The minimum absolute atomic E-state index is 0.0598. The molecule has 5 heteroatoms. The largest absolute Gasteiger partial charge is 0.496 e. The molecule has 0 aliphatic carbocycles. The van der Waals surface area contributed by atoms with Gasteiger partial charge in [-0.05, 0) is 24.6 Å². The van der Waals surface area contributed by atoms with Crippen molar-refractivity contribution in [3.8, 4) is 11.5 Å². The molecule has 0 bridgehead atoms. The summed E-state index contributed by atoms with van der Waals surface area (Å²) in [6, 6.07) is 5.41. The molecule has 0 atom stereocenters. The molecule has 0 heterocycles. The van der Waals surface area contributed by atoms with Gasteiger partial charge in [-0.25, -0.2) is 0 Å². The van der Waals surface area contributed by atoms with Gasteiger partial charge in [0.2, 0.25) is 5.91 Å². The van der Waals surface area contributed by atoms with Gasteiger partial charge in [0.1, 0.15) is 11.5 Å². The first kappa shape index (κ1) is 15.0. The van der Waals surface area contributed by atoms with E-state index in [9.17, 15) is 4.79 Å². The number of hydrogen-bond donors (Lipinski definition) is 2. The molecule has 0 saturated carbocycles. The first-order valence-electron chi connectivity index (χ1n) is 6.00. The summed E-state index contributed by atoms with van der Waals surface area (Å²) in [5.41, 5.74) is 0.713. The molecule has 5 nitrogen and oxygen atoms in total. The van der Waals surface area contributed by atoms with Crippen molar-refractivity contribution in [2.45, 2.75) is 6.42 Å². The summed E-state index contributed by atoms with van der Waals surface area (Å²) >= 11 is 0. The Bertz CT molecular complexity index is 421. The van der Waals surface area contributed by atoms with E-state index in [0.29, 0.717) is 30.0 Å². The molecule has 104 valence electrons. The Morgan fingerprint density at radius 2 is 1.95 bits per heavy atom. The SMILES string of the molecule is COc1cccc(OC)c1C=CC(=O)NCCCO. The minimum atomic E-state index is -0.221. The molecule has 0 saturated heterocycles. The zero-order chi connectivity index (χ0) is 14.1. The number of benzene rings is 1. The zero-order valence-corrected chi connectivity index (χ0v) is 11.2. The van der Waals surface area contributed by atoms with E-state index in [1.807, 2.05) is 6.07 Å². The molecule has 2 N–H and O–H groups in total. The summed E-state index contributed by atoms with van der Waals surface area (Å²) in [7, 11) is 3.13. The van der Waals surface area contributed by atoms with Crippen LogP contribution < -0.4 is 14.8 Å². The molecule has 19 heavy (non-hydrogen) atoms. The van der Waals surface area contributed by atoms with E-state index in [0.717, 1.165) is 0 Å². The Morgan fingerprint density at radius 3 is 2.47 bits per heavy atom. The average molecular weight is 265 g/mol. The number of methoxy groups -OCH3 is 2. The van der Waals surface area contributed by atoms with Gasteiger partial charge in [0.05, 0.1) is 19.8 Å². The van der Waals surface area contributed by atoms with E-state index in [-0.39, 0.29) is 12.5 Å². The van der Waals surface area contributed by atoms with Crippen LogP contribution in [-0.2, 0) is 4.79 Å². The number of carbonyl (C=O) groups excluding carboxylic acids is 1. The minimum Gasteiger partial charge on any atom is -0.496 e. The van der Waals surface area contributed by atoms with Crippen molar-refractivity contribution in [1.29, 1.82) is 0 Å². The van der Waals surface area contributed by atoms with Crippen LogP contribution >= 0.6 is 0 Å². The lowest BCUT2D eigenvalue weighted by Crippen LogP contribution is -2.22. The summed E-state index contributed by atoms with van der Waals surface area (Å²) < 4.78 is 10.4. The van der Waals surface area contributed by atoms with Crippen LogP contribution in [0, 0.1) is 0 Å². The van der Waals surface area contributed by atoms with Gasteiger partial charge in [-0.2, -0.15) is 0 Å². The number of carbonyl (C=O) groups is 1. The maximum Gasteiger partial charge on any atom is 0.244 e. The van der Waals surface area contributed by atoms with Crippen molar-refractivity contribution in [3.63, 3.8) is 0 Å². The topological polar surface area (TPSA) is 67.8 Å². The van der Waals surface area contributed by atoms with Gasteiger partial charge in [0, 0.05) is 19.2 Å². The Kier molecular flexibility index (Phi) is 6.46. The lowest BCUT2D eigenvalue weighted by molar-refractivity contribution is -0.116. The molecule has 0 aliphatic rings. The van der Waals surface area contributed by atoms with Crippen LogP contribution in [0.4, 0.5) is 0 Å². The second kappa shape index (κ2) is 8.16. The predicted octanol–water partition coefficient (Wildman–Crippen LogP) is 1.22. The Labute approximate surface area is 112 Å². The highest BCUT2D eigenvalue weighted by Gasteiger charge is 2.06. The smallest absolute Gasteiger partial charge is 0.244 e. The fourth-order valence-electron chi connectivity index (χ4n) is 1.55. The molecule has 0 unspecified atom stereocenters. The van der Waals surface area contributed by atoms with Crippen LogP contribution in [-0.4, -0.2) is 38.4 Å². The third-order valence-corrected chi connectivity index (χ3v) is 2.50. The molecular formula is C14H19NO4. The third kappa shape index (κ3) is 4.63. The second-order valence-corrected chi connectivity index (χ2v) is 3.78. The van der Waals surface area contributed by atoms with Crippen molar-refractivity contribution >= 4 is 12.0 Å². The second-order valence-electron chi connectivity index (χ2n) is 3.78. The average Bonchev–Trinajstić information content (AvgIpc) is 2.44. The molecule has 1 aromatic rings. The summed E-state index contributed by atoms with van der Waals surface area (Å²) in [6.07, 6.45) is 3.60. The number of ether oxygens (including phenoxy) is 2. The van der Waals surface area contributed by atoms with E-state index >= 15 is 0 Å². The third-order valence-electron chi connectivity index (χ3n) is 2.50. The first-order chi connectivity index (χ1) is 9.22. The zero-order valence-electron chi connectivity index (χ0n) is 11.2. The number of aliphatic hydroxyl groups excluding tert-OH is 1. The molecule has 0 fully saturated rings. The van der Waals surface area contributed by atoms with Crippen molar-refractivity contribution in [2.24, 2.45) is 0 Å². The van der Waals surface area contributed by atoms with E-state index in [1.165, 1.54) is 6.08 Å². The van der Waals surface area contributed by atoms with Crippen LogP contribution in [0.25, 0.3) is 6.08 Å². The first-order valence-corrected chi connectivity index (χ1v) is 6.00. The predicted molar refractivity (Wildman–Crippen MR) is 73.3 cm³/mol. The van der Waals surface area contributed by atoms with E-state index in [2.05, 4.69) is 5.32 Å². The van der Waals surface area contributed by atoms with Crippen LogP contribution in [0.5, 0.6) is 11.5 Å². The Balaban J connectivity index is 2.77. The van der Waals surface area contributed by atoms with Gasteiger partial charge in [0.15, 0.2) is 0 Å². The van der Waals surface area contributed by atoms with Crippen molar-refractivity contribution in [1.82, 2.24) is 5.32 Å². The highest BCUT2D eigenvalue weighted by Crippen LogP contribution is 2.29. The standard InChI is InChI=1S/C14H19NO4/c1-18-12-5-3-6-13(19-2)11(12)7-8-14(17)15-9-4-10-16/h3,5-8,16H,4,9-10H2,1-2H3,(H,15,17). The lowest BCUT2D eigenvalue weighted by Gasteiger charge is -2.09. The molecule has 1 aromatic carbocycles. The fraction of sp³-hybridized carbons (Fsp3) is 0.357. The van der Waals surface area contributed by atoms with Crippen molar-refractivity contribution < 1.29 is 19.4 Å². The van der Waals surface area contributed by atoms with E-state index in [1.54, 1.807) is 32.4 Å². The van der Waals surface area contributed by atoms with Crippen LogP contribution in [0.2, 0.25) is 0 Å². The molecular weight excluding hydrogens is 246 g/mol. The summed E-state index contributed by atoms with van der Waals surface area (Å²) in [4.78, 5) is 11.5. The Morgan fingerprint density at radius 1 is 1.32 bits per heavy atom. The summed E-state index contributed by atoms with van der Waals surface area (Å²) in [5, 5.41) is 11.3. The maximum atomic E-state index is 11.5. The molecule has 0 radical (unpaired) electrons. The van der Waals surface area contributed by atoms with Gasteiger partial charge in [-0.15, -0.1) is 0 Å². The van der Waals surface area contributed by atoms with Gasteiger partial charge >= 0.3 is 0 Å². The molecule has 0 spiro atoms. The van der Waals surface area contributed by atoms with E-state index < -0.39 is 0 Å². The molecule has 0 aromatic heterocycles. The Hall–Kier alpha value is -2.01. The molecule has 0 aliphatic heterocycles. The number of hydrogen-bond acceptors (Lipinski definition) is 4.